The molecule has 0 atom stereocenters. The number of alkyl halides is 1. The van der Waals surface area contributed by atoms with Gasteiger partial charge < -0.3 is 5.11 Å². The number of hydrogen-bond acceptors (Lipinski definition) is 1. The maximum absolute atomic E-state index is 12.9. The van der Waals surface area contributed by atoms with Crippen LogP contribution in [0.25, 0.3) is 0 Å². The summed E-state index contributed by atoms with van der Waals surface area (Å²) in [6.45, 7) is -0.179. The summed E-state index contributed by atoms with van der Waals surface area (Å²) in [5, 5.41) is 8.82. The summed E-state index contributed by atoms with van der Waals surface area (Å²) in [6.07, 6.45) is 0.576. The quantitative estimate of drug-likeness (QED) is 0.589. The zero-order valence-electron chi connectivity index (χ0n) is 7.56. The van der Waals surface area contributed by atoms with E-state index in [2.05, 4.69) is 11.8 Å². The van der Waals surface area contributed by atoms with E-state index >= 15 is 0 Å². The summed E-state index contributed by atoms with van der Waals surface area (Å²) in [6, 6.07) is 4.28. The first kappa shape index (κ1) is 11.0. The average molecular weight is 213 g/mol. The first-order valence-electron chi connectivity index (χ1n) is 4.21. The molecule has 0 aromatic heterocycles. The first-order chi connectivity index (χ1) is 6.76. The largest absolute Gasteiger partial charge is 0.392 e. The molecule has 0 amide bonds. The third kappa shape index (κ3) is 3.37. The molecule has 0 aliphatic rings. The number of aliphatic hydroxyl groups is 1. The van der Waals surface area contributed by atoms with Crippen LogP contribution >= 0.6 is 11.6 Å². The number of benzene rings is 1. The molecule has 1 aromatic rings. The molecule has 0 fully saturated rings. The Hall–Kier alpha value is -1.04. The van der Waals surface area contributed by atoms with Gasteiger partial charge in [-0.25, -0.2) is 4.39 Å². The fourth-order valence-corrected chi connectivity index (χ4v) is 1.12. The number of hydrogen-bond donors (Lipinski definition) is 1. The fourth-order valence-electron chi connectivity index (χ4n) is 1.03. The van der Waals surface area contributed by atoms with Crippen LogP contribution in [-0.2, 0) is 6.61 Å². The van der Waals surface area contributed by atoms with Crippen molar-refractivity contribution in [2.45, 2.75) is 13.0 Å². The number of aliphatic hydroxyl groups excluding tert-OH is 1. The zero-order valence-corrected chi connectivity index (χ0v) is 8.31. The summed E-state index contributed by atoms with van der Waals surface area (Å²) >= 11 is 5.44. The van der Waals surface area contributed by atoms with Gasteiger partial charge in [0.2, 0.25) is 0 Å². The van der Waals surface area contributed by atoms with Crippen LogP contribution in [0.2, 0.25) is 0 Å². The highest BCUT2D eigenvalue weighted by molar-refractivity contribution is 6.18. The molecule has 1 N–H and O–H groups in total. The minimum absolute atomic E-state index is 0.179. The Balaban J connectivity index is 2.88. The predicted molar refractivity (Wildman–Crippen MR) is 54.5 cm³/mol. The van der Waals surface area contributed by atoms with Crippen LogP contribution in [0.4, 0.5) is 4.39 Å². The van der Waals surface area contributed by atoms with Gasteiger partial charge >= 0.3 is 0 Å². The predicted octanol–water partition coefficient (Wildman–Crippen LogP) is 2.30. The molecule has 0 saturated heterocycles. The number of halogens is 2. The SMILES string of the molecule is OCc1cc(F)cc(C#CCCCl)c1. The molecule has 1 nitrogen and oxygen atoms in total. The van der Waals surface area contributed by atoms with Gasteiger partial charge in [0.25, 0.3) is 0 Å². The number of rotatable bonds is 2. The second kappa shape index (κ2) is 5.64. The highest BCUT2D eigenvalue weighted by atomic mass is 35.5. The van der Waals surface area contributed by atoms with Gasteiger partial charge in [0, 0.05) is 17.9 Å². The lowest BCUT2D eigenvalue weighted by atomic mass is 10.1. The van der Waals surface area contributed by atoms with Crippen molar-refractivity contribution in [1.82, 2.24) is 0 Å². The maximum Gasteiger partial charge on any atom is 0.124 e. The third-order valence-electron chi connectivity index (χ3n) is 1.59. The van der Waals surface area contributed by atoms with Gasteiger partial charge in [0.15, 0.2) is 0 Å². The van der Waals surface area contributed by atoms with Crippen LogP contribution in [0.1, 0.15) is 17.5 Å². The van der Waals surface area contributed by atoms with E-state index < -0.39 is 0 Å². The van der Waals surface area contributed by atoms with E-state index in [9.17, 15) is 4.39 Å². The van der Waals surface area contributed by atoms with Crippen LogP contribution in [0.5, 0.6) is 0 Å². The lowest BCUT2D eigenvalue weighted by Gasteiger charge is -1.97. The molecule has 0 heterocycles. The maximum atomic E-state index is 12.9. The van der Waals surface area contributed by atoms with E-state index in [0.717, 1.165) is 0 Å². The van der Waals surface area contributed by atoms with Crippen molar-refractivity contribution in [2.75, 3.05) is 5.88 Å². The van der Waals surface area contributed by atoms with Crippen molar-refractivity contribution in [3.05, 3.63) is 35.1 Å². The van der Waals surface area contributed by atoms with Crippen molar-refractivity contribution in [2.24, 2.45) is 0 Å². The van der Waals surface area contributed by atoms with E-state index in [0.29, 0.717) is 23.4 Å². The van der Waals surface area contributed by atoms with Gasteiger partial charge in [-0.15, -0.1) is 11.6 Å². The Morgan fingerprint density at radius 2 is 2.14 bits per heavy atom. The Morgan fingerprint density at radius 1 is 1.36 bits per heavy atom. The second-order valence-electron chi connectivity index (χ2n) is 2.75. The van der Waals surface area contributed by atoms with Crippen LogP contribution in [0.3, 0.4) is 0 Å². The average Bonchev–Trinajstić information content (AvgIpc) is 2.17. The minimum Gasteiger partial charge on any atom is -0.392 e. The van der Waals surface area contributed by atoms with Crippen LogP contribution in [0.15, 0.2) is 18.2 Å². The molecule has 0 radical (unpaired) electrons. The van der Waals surface area contributed by atoms with E-state index in [4.69, 9.17) is 16.7 Å². The van der Waals surface area contributed by atoms with Gasteiger partial charge in [0.1, 0.15) is 5.82 Å². The van der Waals surface area contributed by atoms with Crippen molar-refractivity contribution >= 4 is 11.6 Å². The summed E-state index contributed by atoms with van der Waals surface area (Å²) in [5.74, 6) is 5.66. The third-order valence-corrected chi connectivity index (χ3v) is 1.78. The highest BCUT2D eigenvalue weighted by Gasteiger charge is 1.97. The molecule has 0 unspecified atom stereocenters. The fraction of sp³-hybridized carbons (Fsp3) is 0.273. The first-order valence-corrected chi connectivity index (χ1v) is 4.75. The molecule has 0 bridgehead atoms. The second-order valence-corrected chi connectivity index (χ2v) is 3.12. The Bertz CT molecular complexity index is 365. The molecule has 0 aliphatic carbocycles. The van der Waals surface area contributed by atoms with E-state index in [1.807, 2.05) is 0 Å². The smallest absolute Gasteiger partial charge is 0.124 e. The molecule has 0 saturated carbocycles. The van der Waals surface area contributed by atoms with E-state index in [1.54, 1.807) is 6.07 Å². The summed E-state index contributed by atoms with van der Waals surface area (Å²) in [4.78, 5) is 0. The van der Waals surface area contributed by atoms with Gasteiger partial charge in [-0.05, 0) is 23.8 Å². The lowest BCUT2D eigenvalue weighted by molar-refractivity contribution is 0.281. The van der Waals surface area contributed by atoms with Crippen LogP contribution in [-0.4, -0.2) is 11.0 Å². The normalized spacial score (nSPS) is 9.36. The lowest BCUT2D eigenvalue weighted by Crippen LogP contribution is -1.87. The highest BCUT2D eigenvalue weighted by Crippen LogP contribution is 2.08. The minimum atomic E-state index is -0.383. The molecule has 1 rings (SSSR count). The molecular formula is C11H10ClFO. The zero-order chi connectivity index (χ0) is 10.4. The molecule has 0 spiro atoms. The van der Waals surface area contributed by atoms with Crippen LogP contribution in [0, 0.1) is 17.7 Å². The molecule has 74 valence electrons. The molecule has 14 heavy (non-hydrogen) atoms. The Labute approximate surface area is 87.5 Å². The Morgan fingerprint density at radius 3 is 2.79 bits per heavy atom. The topological polar surface area (TPSA) is 20.2 Å². The summed E-state index contributed by atoms with van der Waals surface area (Å²) < 4.78 is 12.9. The van der Waals surface area contributed by atoms with Crippen molar-refractivity contribution in [3.8, 4) is 11.8 Å². The summed E-state index contributed by atoms with van der Waals surface area (Å²) in [7, 11) is 0. The molecule has 1 aromatic carbocycles. The summed E-state index contributed by atoms with van der Waals surface area (Å²) in [5.41, 5.74) is 1.10. The van der Waals surface area contributed by atoms with E-state index in [1.165, 1.54) is 12.1 Å². The molecular weight excluding hydrogens is 203 g/mol. The van der Waals surface area contributed by atoms with Crippen molar-refractivity contribution in [1.29, 1.82) is 0 Å². The monoisotopic (exact) mass is 212 g/mol. The molecule has 0 aliphatic heterocycles. The van der Waals surface area contributed by atoms with Gasteiger partial charge in [-0.1, -0.05) is 11.8 Å². The Kier molecular flexibility index (Phi) is 4.45. The standard InChI is InChI=1S/C11H10ClFO/c12-4-2-1-3-9-5-10(8-14)7-11(13)6-9/h5-7,14H,2,4,8H2. The van der Waals surface area contributed by atoms with Crippen molar-refractivity contribution in [3.63, 3.8) is 0 Å². The van der Waals surface area contributed by atoms with Crippen LogP contribution < -0.4 is 0 Å². The van der Waals surface area contributed by atoms with Gasteiger partial charge in [-0.3, -0.25) is 0 Å². The molecule has 3 heteroatoms. The van der Waals surface area contributed by atoms with Crippen molar-refractivity contribution < 1.29 is 9.50 Å². The van der Waals surface area contributed by atoms with E-state index in [-0.39, 0.29) is 12.4 Å². The van der Waals surface area contributed by atoms with Gasteiger partial charge in [-0.2, -0.15) is 0 Å². The van der Waals surface area contributed by atoms with Gasteiger partial charge in [0.05, 0.1) is 6.61 Å².